The van der Waals surface area contributed by atoms with Gasteiger partial charge in [0.25, 0.3) is 0 Å². The van der Waals surface area contributed by atoms with Gasteiger partial charge < -0.3 is 19.4 Å². The Balaban J connectivity index is 3.84. The van der Waals surface area contributed by atoms with Gasteiger partial charge in [-0.25, -0.2) is 0 Å². The van der Waals surface area contributed by atoms with Crippen molar-refractivity contribution in [1.82, 2.24) is 0 Å². The molecule has 0 aromatic rings. The molecule has 0 aromatic heterocycles. The van der Waals surface area contributed by atoms with Gasteiger partial charge in [-0.15, -0.1) is 0 Å². The molecule has 0 aliphatic carbocycles. The smallest absolute Gasteiger partial charge is 0.307 e. The lowest BCUT2D eigenvalue weighted by molar-refractivity contribution is -0.873. The Hall–Kier alpha value is -1.66. The molecular formula is C25H46NO5+. The Morgan fingerprint density at radius 3 is 2.29 bits per heavy atom. The van der Waals surface area contributed by atoms with Crippen molar-refractivity contribution in [3.63, 3.8) is 0 Å². The number of hydrogen-bond acceptors (Lipinski definition) is 4. The Morgan fingerprint density at radius 1 is 0.968 bits per heavy atom. The summed E-state index contributed by atoms with van der Waals surface area (Å²) in [6.07, 6.45) is 17.3. The number of carboxylic acid groups (broad SMARTS) is 1. The molecule has 0 amide bonds. The van der Waals surface area contributed by atoms with Crippen LogP contribution >= 0.6 is 0 Å². The Labute approximate surface area is 189 Å². The molecule has 0 aliphatic rings. The zero-order chi connectivity index (χ0) is 23.5. The maximum absolute atomic E-state index is 12.0. The van der Waals surface area contributed by atoms with E-state index in [4.69, 9.17) is 9.84 Å². The van der Waals surface area contributed by atoms with Gasteiger partial charge in [0, 0.05) is 6.42 Å². The third-order valence-electron chi connectivity index (χ3n) is 4.89. The van der Waals surface area contributed by atoms with Crippen molar-refractivity contribution in [2.45, 2.75) is 96.2 Å². The first kappa shape index (κ1) is 29.3. The number of unbranched alkanes of at least 4 members (excludes halogenated alkanes) is 7. The number of hydrogen-bond donors (Lipinski definition) is 2. The molecule has 2 unspecified atom stereocenters. The van der Waals surface area contributed by atoms with E-state index in [1.54, 1.807) is 0 Å². The van der Waals surface area contributed by atoms with Crippen molar-refractivity contribution in [3.8, 4) is 0 Å². The van der Waals surface area contributed by atoms with Gasteiger partial charge in [-0.1, -0.05) is 69.8 Å². The maximum Gasteiger partial charge on any atom is 0.307 e. The molecule has 2 atom stereocenters. The maximum atomic E-state index is 12.0. The summed E-state index contributed by atoms with van der Waals surface area (Å²) in [5.41, 5.74) is 0. The molecule has 0 saturated carbocycles. The van der Waals surface area contributed by atoms with E-state index >= 15 is 0 Å². The fourth-order valence-electron chi connectivity index (χ4n) is 3.32. The molecule has 0 spiro atoms. The molecule has 0 bridgehead atoms. The highest BCUT2D eigenvalue weighted by Gasteiger charge is 2.24. The molecule has 6 heteroatoms. The van der Waals surface area contributed by atoms with Crippen LogP contribution in [0.2, 0.25) is 0 Å². The van der Waals surface area contributed by atoms with Crippen molar-refractivity contribution in [3.05, 3.63) is 24.3 Å². The lowest BCUT2D eigenvalue weighted by Crippen LogP contribution is -2.43. The molecule has 0 rings (SSSR count). The topological polar surface area (TPSA) is 83.8 Å². The first-order valence-corrected chi connectivity index (χ1v) is 11.9. The number of rotatable bonds is 19. The molecule has 0 fully saturated rings. The summed E-state index contributed by atoms with van der Waals surface area (Å²) < 4.78 is 5.93. The number of ether oxygens (including phenoxy) is 1. The second kappa shape index (κ2) is 18.0. The van der Waals surface area contributed by atoms with Crippen LogP contribution in [0.4, 0.5) is 0 Å². The number of likely N-dealkylation sites (N-methyl/N-ethyl adjacent to an activating group) is 1. The van der Waals surface area contributed by atoms with E-state index in [-0.39, 0.29) is 12.4 Å². The summed E-state index contributed by atoms with van der Waals surface area (Å²) in [5.74, 6) is -1.27. The van der Waals surface area contributed by atoms with Crippen LogP contribution in [-0.4, -0.2) is 66.5 Å². The number of carboxylic acids is 1. The lowest BCUT2D eigenvalue weighted by Gasteiger charge is -2.28. The minimum absolute atomic E-state index is 0.160. The van der Waals surface area contributed by atoms with Gasteiger partial charge in [-0.2, -0.15) is 0 Å². The van der Waals surface area contributed by atoms with E-state index in [1.807, 2.05) is 39.4 Å². The summed E-state index contributed by atoms with van der Waals surface area (Å²) in [4.78, 5) is 23.0. The molecule has 6 nitrogen and oxygen atoms in total. The molecule has 0 saturated heterocycles. The molecule has 2 N–H and O–H groups in total. The SMILES string of the molecule is CCCCC/C=C/C=C/C(O)CCCCCCCC(=O)OC(CC(=O)O)C[N+](C)(C)C. The summed E-state index contributed by atoms with van der Waals surface area (Å²) in [6.45, 7) is 2.67. The van der Waals surface area contributed by atoms with Crippen LogP contribution in [0.1, 0.15) is 84.0 Å². The third kappa shape index (κ3) is 21.4. The highest BCUT2D eigenvalue weighted by atomic mass is 16.5. The van der Waals surface area contributed by atoms with Crippen molar-refractivity contribution in [2.24, 2.45) is 0 Å². The highest BCUT2D eigenvalue weighted by molar-refractivity contribution is 5.71. The molecular weight excluding hydrogens is 394 g/mol. The van der Waals surface area contributed by atoms with Gasteiger partial charge >= 0.3 is 11.9 Å². The predicted octanol–water partition coefficient (Wildman–Crippen LogP) is 4.86. The molecule has 0 radical (unpaired) electrons. The normalized spacial score (nSPS) is 14.2. The third-order valence-corrected chi connectivity index (χ3v) is 4.89. The van der Waals surface area contributed by atoms with Crippen LogP contribution in [0, 0.1) is 0 Å². The molecule has 0 heterocycles. The van der Waals surface area contributed by atoms with Crippen LogP contribution in [-0.2, 0) is 14.3 Å². The van der Waals surface area contributed by atoms with Crippen LogP contribution in [0.15, 0.2) is 24.3 Å². The van der Waals surface area contributed by atoms with Gasteiger partial charge in [0.05, 0.1) is 33.7 Å². The number of esters is 1. The number of aliphatic hydroxyl groups excluding tert-OH is 1. The van der Waals surface area contributed by atoms with E-state index in [1.165, 1.54) is 19.3 Å². The summed E-state index contributed by atoms with van der Waals surface area (Å²) >= 11 is 0. The monoisotopic (exact) mass is 440 g/mol. The van der Waals surface area contributed by atoms with Crippen LogP contribution in [0.5, 0.6) is 0 Å². The van der Waals surface area contributed by atoms with Crippen molar-refractivity contribution in [1.29, 1.82) is 0 Å². The first-order valence-electron chi connectivity index (χ1n) is 11.9. The quantitative estimate of drug-likeness (QED) is 0.130. The molecule has 0 aliphatic heterocycles. The lowest BCUT2D eigenvalue weighted by atomic mass is 10.1. The number of quaternary nitrogens is 1. The summed E-state index contributed by atoms with van der Waals surface area (Å²) in [6, 6.07) is 0. The van der Waals surface area contributed by atoms with E-state index in [0.29, 0.717) is 17.4 Å². The number of allylic oxidation sites excluding steroid dienone is 3. The van der Waals surface area contributed by atoms with Gasteiger partial charge in [-0.3, -0.25) is 9.59 Å². The van der Waals surface area contributed by atoms with Gasteiger partial charge in [-0.05, 0) is 25.7 Å². The fourth-order valence-corrected chi connectivity index (χ4v) is 3.32. The summed E-state index contributed by atoms with van der Waals surface area (Å²) in [7, 11) is 5.84. The average Bonchev–Trinajstić information content (AvgIpc) is 2.64. The standard InChI is InChI=1S/C25H45NO5/c1-5-6-7-8-9-11-14-17-22(27)18-15-12-10-13-16-19-25(30)31-23(20-24(28)29)21-26(2,3)4/h9,11,14,17,22-23,27H,5-8,10,12-13,15-16,18-21H2,1-4H3/p+1/b11-9+,17-14+. The zero-order valence-corrected chi connectivity index (χ0v) is 20.2. The molecule has 31 heavy (non-hydrogen) atoms. The van der Waals surface area contributed by atoms with E-state index in [2.05, 4.69) is 13.0 Å². The van der Waals surface area contributed by atoms with Gasteiger partial charge in [0.1, 0.15) is 6.54 Å². The Morgan fingerprint density at radius 2 is 1.65 bits per heavy atom. The van der Waals surface area contributed by atoms with E-state index in [9.17, 15) is 14.7 Å². The predicted molar refractivity (Wildman–Crippen MR) is 126 cm³/mol. The first-order chi connectivity index (χ1) is 14.6. The van der Waals surface area contributed by atoms with Crippen molar-refractivity contribution >= 4 is 11.9 Å². The zero-order valence-electron chi connectivity index (χ0n) is 20.2. The largest absolute Gasteiger partial charge is 0.481 e. The second-order valence-corrected chi connectivity index (χ2v) is 9.37. The minimum atomic E-state index is -0.953. The van der Waals surface area contributed by atoms with Gasteiger partial charge in [0.15, 0.2) is 6.10 Å². The average molecular weight is 441 g/mol. The number of carbonyl (C=O) groups excluding carboxylic acids is 1. The second-order valence-electron chi connectivity index (χ2n) is 9.37. The molecule has 0 aromatic carbocycles. The number of aliphatic carboxylic acids is 1. The summed E-state index contributed by atoms with van der Waals surface area (Å²) in [5, 5.41) is 19.0. The van der Waals surface area contributed by atoms with Crippen LogP contribution < -0.4 is 0 Å². The van der Waals surface area contributed by atoms with Gasteiger partial charge in [0.2, 0.25) is 0 Å². The van der Waals surface area contributed by atoms with E-state index in [0.717, 1.165) is 44.9 Å². The van der Waals surface area contributed by atoms with Crippen molar-refractivity contribution < 1.29 is 29.0 Å². The minimum Gasteiger partial charge on any atom is -0.481 e. The molecule has 180 valence electrons. The fraction of sp³-hybridized carbons (Fsp3) is 0.760. The Kier molecular flexibility index (Phi) is 17.0. The van der Waals surface area contributed by atoms with Crippen LogP contribution in [0.25, 0.3) is 0 Å². The Bertz CT molecular complexity index is 537. The number of aliphatic hydroxyl groups is 1. The van der Waals surface area contributed by atoms with E-state index < -0.39 is 18.2 Å². The van der Waals surface area contributed by atoms with Crippen molar-refractivity contribution in [2.75, 3.05) is 27.7 Å². The number of carbonyl (C=O) groups is 2. The highest BCUT2D eigenvalue weighted by Crippen LogP contribution is 2.12. The number of nitrogens with zero attached hydrogens (tertiary/aromatic N) is 1. The van der Waals surface area contributed by atoms with Crippen LogP contribution in [0.3, 0.4) is 0 Å².